The summed E-state index contributed by atoms with van der Waals surface area (Å²) >= 11 is 17.8. The molecule has 6 heteroatoms. The van der Waals surface area contributed by atoms with Crippen molar-refractivity contribution in [3.8, 4) is 11.3 Å². The van der Waals surface area contributed by atoms with E-state index in [1.807, 2.05) is 6.07 Å². The third kappa shape index (κ3) is 3.81. The van der Waals surface area contributed by atoms with Crippen LogP contribution in [0.2, 0.25) is 15.1 Å². The SMILES string of the molecule is Fc1ccc(-c2ccc(CNc3cc(Cl)ccc3Cl)o2)cc1Cl. The Bertz CT molecular complexity index is 848. The Morgan fingerprint density at radius 3 is 2.52 bits per heavy atom. The van der Waals surface area contributed by atoms with Crippen molar-refractivity contribution in [2.75, 3.05) is 5.32 Å². The molecule has 2 aromatic carbocycles. The van der Waals surface area contributed by atoms with Gasteiger partial charge in [0.15, 0.2) is 0 Å². The van der Waals surface area contributed by atoms with Crippen molar-refractivity contribution in [2.24, 2.45) is 0 Å². The Hall–Kier alpha value is -1.68. The number of rotatable bonds is 4. The molecule has 1 aromatic heterocycles. The lowest BCUT2D eigenvalue weighted by Gasteiger charge is -2.07. The van der Waals surface area contributed by atoms with Crippen LogP contribution in [0.15, 0.2) is 52.9 Å². The summed E-state index contributed by atoms with van der Waals surface area (Å²) in [6.07, 6.45) is 0. The van der Waals surface area contributed by atoms with Gasteiger partial charge in [-0.2, -0.15) is 0 Å². The topological polar surface area (TPSA) is 25.2 Å². The van der Waals surface area contributed by atoms with E-state index >= 15 is 0 Å². The number of benzene rings is 2. The van der Waals surface area contributed by atoms with E-state index in [4.69, 9.17) is 39.2 Å². The molecule has 23 heavy (non-hydrogen) atoms. The second-order valence-corrected chi connectivity index (χ2v) is 6.12. The highest BCUT2D eigenvalue weighted by Gasteiger charge is 2.08. The molecule has 0 atom stereocenters. The van der Waals surface area contributed by atoms with Gasteiger partial charge in [0.1, 0.15) is 17.3 Å². The van der Waals surface area contributed by atoms with E-state index in [2.05, 4.69) is 5.32 Å². The number of nitrogens with one attached hydrogen (secondary N) is 1. The summed E-state index contributed by atoms with van der Waals surface area (Å²) in [6.45, 7) is 0.439. The van der Waals surface area contributed by atoms with E-state index in [0.29, 0.717) is 33.7 Å². The molecule has 0 aliphatic carbocycles. The molecule has 0 spiro atoms. The smallest absolute Gasteiger partial charge is 0.141 e. The summed E-state index contributed by atoms with van der Waals surface area (Å²) < 4.78 is 18.9. The second-order valence-electron chi connectivity index (χ2n) is 4.87. The summed E-state index contributed by atoms with van der Waals surface area (Å²) in [4.78, 5) is 0. The molecule has 0 saturated carbocycles. The van der Waals surface area contributed by atoms with Gasteiger partial charge in [0, 0.05) is 10.6 Å². The molecule has 3 aromatic rings. The summed E-state index contributed by atoms with van der Waals surface area (Å²) in [7, 11) is 0. The van der Waals surface area contributed by atoms with Crippen LogP contribution in [0.3, 0.4) is 0 Å². The molecule has 1 N–H and O–H groups in total. The van der Waals surface area contributed by atoms with Gasteiger partial charge < -0.3 is 9.73 Å². The standard InChI is InChI=1S/C17H11Cl3FNO/c18-11-2-4-13(19)16(8-11)22-9-12-3-6-17(23-12)10-1-5-15(21)14(20)7-10/h1-8,22H,9H2. The van der Waals surface area contributed by atoms with Gasteiger partial charge in [0.05, 0.1) is 22.3 Å². The number of hydrogen-bond acceptors (Lipinski definition) is 2. The van der Waals surface area contributed by atoms with Crippen LogP contribution in [-0.2, 0) is 6.54 Å². The van der Waals surface area contributed by atoms with Crippen LogP contribution in [0.5, 0.6) is 0 Å². The minimum atomic E-state index is -0.459. The minimum Gasteiger partial charge on any atom is -0.459 e. The molecular formula is C17H11Cl3FNO. The van der Waals surface area contributed by atoms with Gasteiger partial charge in [0.2, 0.25) is 0 Å². The zero-order chi connectivity index (χ0) is 16.4. The zero-order valence-electron chi connectivity index (χ0n) is 11.7. The van der Waals surface area contributed by atoms with E-state index in [-0.39, 0.29) is 5.02 Å². The van der Waals surface area contributed by atoms with E-state index in [1.165, 1.54) is 12.1 Å². The highest BCUT2D eigenvalue weighted by molar-refractivity contribution is 6.35. The molecule has 0 aliphatic heterocycles. The average Bonchev–Trinajstić information content (AvgIpc) is 3.00. The lowest BCUT2D eigenvalue weighted by molar-refractivity contribution is 0.531. The van der Waals surface area contributed by atoms with Crippen LogP contribution in [-0.4, -0.2) is 0 Å². The van der Waals surface area contributed by atoms with Crippen LogP contribution in [0, 0.1) is 5.82 Å². The molecule has 0 unspecified atom stereocenters. The normalized spacial score (nSPS) is 10.8. The van der Waals surface area contributed by atoms with E-state index in [1.54, 1.807) is 30.3 Å². The van der Waals surface area contributed by atoms with Crippen LogP contribution in [0.4, 0.5) is 10.1 Å². The Kier molecular flexibility index (Phi) is 4.81. The monoisotopic (exact) mass is 369 g/mol. The van der Waals surface area contributed by atoms with E-state index < -0.39 is 5.82 Å². The largest absolute Gasteiger partial charge is 0.459 e. The molecule has 1 heterocycles. The lowest BCUT2D eigenvalue weighted by atomic mass is 10.2. The highest BCUT2D eigenvalue weighted by atomic mass is 35.5. The van der Waals surface area contributed by atoms with Crippen molar-refractivity contribution in [2.45, 2.75) is 6.54 Å². The zero-order valence-corrected chi connectivity index (χ0v) is 14.0. The average molecular weight is 371 g/mol. The van der Waals surface area contributed by atoms with Gasteiger partial charge in [0.25, 0.3) is 0 Å². The second kappa shape index (κ2) is 6.83. The molecule has 0 fully saturated rings. The van der Waals surface area contributed by atoms with Gasteiger partial charge >= 0.3 is 0 Å². The number of anilines is 1. The Morgan fingerprint density at radius 2 is 1.74 bits per heavy atom. The summed E-state index contributed by atoms with van der Waals surface area (Å²) in [5, 5.41) is 4.39. The fourth-order valence-corrected chi connectivity index (χ4v) is 2.63. The fraction of sp³-hybridized carbons (Fsp3) is 0.0588. The Morgan fingerprint density at radius 1 is 0.913 bits per heavy atom. The van der Waals surface area contributed by atoms with Gasteiger partial charge in [-0.15, -0.1) is 0 Å². The lowest BCUT2D eigenvalue weighted by Crippen LogP contribution is -1.98. The third-order valence-corrected chi connectivity index (χ3v) is 4.10. The number of hydrogen-bond donors (Lipinski definition) is 1. The van der Waals surface area contributed by atoms with Crippen molar-refractivity contribution in [1.82, 2.24) is 0 Å². The molecule has 118 valence electrons. The van der Waals surface area contributed by atoms with Crippen LogP contribution in [0.1, 0.15) is 5.76 Å². The maximum absolute atomic E-state index is 13.2. The molecule has 0 saturated heterocycles. The molecule has 2 nitrogen and oxygen atoms in total. The maximum atomic E-state index is 13.2. The first-order valence-electron chi connectivity index (χ1n) is 6.76. The molecule has 0 radical (unpaired) electrons. The van der Waals surface area contributed by atoms with Crippen molar-refractivity contribution < 1.29 is 8.81 Å². The predicted octanol–water partition coefficient (Wildman–Crippen LogP) is 6.66. The summed E-state index contributed by atoms with van der Waals surface area (Å²) in [6, 6.07) is 13.3. The quantitative estimate of drug-likeness (QED) is 0.555. The molecule has 0 amide bonds. The first kappa shape index (κ1) is 16.2. The van der Waals surface area contributed by atoms with Crippen molar-refractivity contribution >= 4 is 40.5 Å². The summed E-state index contributed by atoms with van der Waals surface area (Å²) in [5.74, 6) is 0.858. The van der Waals surface area contributed by atoms with E-state index in [0.717, 1.165) is 5.69 Å². The van der Waals surface area contributed by atoms with Crippen molar-refractivity contribution in [3.63, 3.8) is 0 Å². The highest BCUT2D eigenvalue weighted by Crippen LogP contribution is 2.28. The van der Waals surface area contributed by atoms with Gasteiger partial charge in [-0.3, -0.25) is 0 Å². The third-order valence-electron chi connectivity index (χ3n) is 3.25. The first-order valence-corrected chi connectivity index (χ1v) is 7.89. The maximum Gasteiger partial charge on any atom is 0.141 e. The Labute approximate surface area is 147 Å². The van der Waals surface area contributed by atoms with Crippen LogP contribution >= 0.6 is 34.8 Å². The van der Waals surface area contributed by atoms with Crippen molar-refractivity contribution in [1.29, 1.82) is 0 Å². The Balaban J connectivity index is 1.74. The predicted molar refractivity (Wildman–Crippen MR) is 92.9 cm³/mol. The minimum absolute atomic E-state index is 0.0595. The molecule has 3 rings (SSSR count). The van der Waals surface area contributed by atoms with Gasteiger partial charge in [-0.25, -0.2) is 4.39 Å². The van der Waals surface area contributed by atoms with Gasteiger partial charge in [-0.05, 0) is 48.5 Å². The first-order chi connectivity index (χ1) is 11.0. The molecule has 0 aliphatic rings. The van der Waals surface area contributed by atoms with Gasteiger partial charge in [-0.1, -0.05) is 34.8 Å². The molecule has 0 bridgehead atoms. The van der Waals surface area contributed by atoms with Crippen LogP contribution in [0.25, 0.3) is 11.3 Å². The van der Waals surface area contributed by atoms with Crippen LogP contribution < -0.4 is 5.32 Å². The van der Waals surface area contributed by atoms with Crippen molar-refractivity contribution in [3.05, 3.63) is 75.2 Å². The molecular weight excluding hydrogens is 360 g/mol. The fourth-order valence-electron chi connectivity index (χ4n) is 2.09. The summed E-state index contributed by atoms with van der Waals surface area (Å²) in [5.41, 5.74) is 1.44. The number of furan rings is 1. The van der Waals surface area contributed by atoms with E-state index in [9.17, 15) is 4.39 Å². The number of halogens is 4.